The first-order chi connectivity index (χ1) is 13.6. The number of carbonyl (C=O) groups excluding carboxylic acids is 1. The Labute approximate surface area is 171 Å². The third kappa shape index (κ3) is 4.00. The van der Waals surface area contributed by atoms with Gasteiger partial charge in [-0.15, -0.1) is 10.2 Å². The van der Waals surface area contributed by atoms with Crippen molar-refractivity contribution in [2.24, 2.45) is 0 Å². The van der Waals surface area contributed by atoms with Gasteiger partial charge in [0.1, 0.15) is 5.75 Å². The second-order valence-corrected chi connectivity index (χ2v) is 7.68. The van der Waals surface area contributed by atoms with Crippen LogP contribution in [0.1, 0.15) is 12.0 Å². The second kappa shape index (κ2) is 8.24. The molecule has 0 atom stereocenters. The molecule has 0 aliphatic carbocycles. The third-order valence-electron chi connectivity index (χ3n) is 4.52. The van der Waals surface area contributed by atoms with Crippen LogP contribution in [0.4, 0.5) is 5.69 Å². The van der Waals surface area contributed by atoms with E-state index in [-0.39, 0.29) is 11.7 Å². The predicted molar refractivity (Wildman–Crippen MR) is 109 cm³/mol. The molecule has 4 rings (SSSR count). The molecule has 0 radical (unpaired) electrons. The Morgan fingerprint density at radius 2 is 2.07 bits per heavy atom. The van der Waals surface area contributed by atoms with E-state index in [4.69, 9.17) is 20.8 Å². The van der Waals surface area contributed by atoms with Crippen molar-refractivity contribution in [2.75, 3.05) is 24.3 Å². The van der Waals surface area contributed by atoms with E-state index in [1.165, 1.54) is 11.8 Å². The van der Waals surface area contributed by atoms with Crippen molar-refractivity contribution in [3.63, 3.8) is 0 Å². The number of methoxy groups -OCH3 is 1. The van der Waals surface area contributed by atoms with Crippen molar-refractivity contribution in [2.45, 2.75) is 18.1 Å². The zero-order chi connectivity index (χ0) is 19.5. The van der Waals surface area contributed by atoms with Gasteiger partial charge in [-0.05, 0) is 60.9 Å². The van der Waals surface area contributed by atoms with Crippen molar-refractivity contribution >= 4 is 35.0 Å². The standard InChI is InChI=1S/C20H18ClN3O3S/c1-26-16-7-4-13(5-8-16)19-22-23-20(27-19)28-12-18(25)24-10-2-3-14-11-15(21)6-9-17(14)24/h4-9,11H,2-3,10,12H2,1H3. The quantitative estimate of drug-likeness (QED) is 0.572. The van der Waals surface area contributed by atoms with Gasteiger partial charge >= 0.3 is 0 Å². The molecule has 0 unspecified atom stereocenters. The number of thioether (sulfide) groups is 1. The number of benzene rings is 2. The topological polar surface area (TPSA) is 68.5 Å². The Morgan fingerprint density at radius 1 is 1.25 bits per heavy atom. The summed E-state index contributed by atoms with van der Waals surface area (Å²) in [6, 6.07) is 13.0. The third-order valence-corrected chi connectivity index (χ3v) is 5.56. The average molecular weight is 416 g/mol. The molecular weight excluding hydrogens is 398 g/mol. The molecule has 2 aromatic carbocycles. The van der Waals surface area contributed by atoms with Crippen LogP contribution in [0.15, 0.2) is 52.1 Å². The summed E-state index contributed by atoms with van der Waals surface area (Å²) in [6.45, 7) is 0.703. The molecule has 1 aliphatic heterocycles. The number of hydrogen-bond donors (Lipinski definition) is 0. The molecule has 0 saturated carbocycles. The van der Waals surface area contributed by atoms with E-state index in [2.05, 4.69) is 10.2 Å². The summed E-state index contributed by atoms with van der Waals surface area (Å²) < 4.78 is 10.8. The minimum atomic E-state index is 0.0115. The molecule has 0 N–H and O–H groups in total. The highest BCUT2D eigenvalue weighted by atomic mass is 35.5. The van der Waals surface area contributed by atoms with E-state index < -0.39 is 0 Å². The smallest absolute Gasteiger partial charge is 0.277 e. The van der Waals surface area contributed by atoms with Crippen LogP contribution in [0.3, 0.4) is 0 Å². The van der Waals surface area contributed by atoms with Gasteiger partial charge in [0.05, 0.1) is 12.9 Å². The highest BCUT2D eigenvalue weighted by molar-refractivity contribution is 7.99. The van der Waals surface area contributed by atoms with Crippen LogP contribution >= 0.6 is 23.4 Å². The van der Waals surface area contributed by atoms with E-state index in [0.717, 1.165) is 35.4 Å². The number of fused-ring (bicyclic) bond motifs is 1. The number of nitrogens with zero attached hydrogens (tertiary/aromatic N) is 3. The zero-order valence-corrected chi connectivity index (χ0v) is 16.8. The lowest BCUT2D eigenvalue weighted by Gasteiger charge is -2.29. The number of aromatic nitrogens is 2. The summed E-state index contributed by atoms with van der Waals surface area (Å²) in [7, 11) is 1.61. The molecule has 8 heteroatoms. The fourth-order valence-corrected chi connectivity index (χ4v) is 3.98. The molecule has 3 aromatic rings. The summed E-state index contributed by atoms with van der Waals surface area (Å²) in [6.07, 6.45) is 1.85. The van der Waals surface area contributed by atoms with Crippen molar-refractivity contribution in [3.8, 4) is 17.2 Å². The summed E-state index contributed by atoms with van der Waals surface area (Å²) in [5.74, 6) is 1.41. The molecule has 0 fully saturated rings. The first-order valence-corrected chi connectivity index (χ1v) is 10.2. The van der Waals surface area contributed by atoms with Crippen LogP contribution in [0.25, 0.3) is 11.5 Å². The number of rotatable bonds is 5. The van der Waals surface area contributed by atoms with Gasteiger partial charge in [-0.3, -0.25) is 4.79 Å². The van der Waals surface area contributed by atoms with Crippen LogP contribution in [-0.2, 0) is 11.2 Å². The molecule has 0 bridgehead atoms. The Bertz CT molecular complexity index is 991. The van der Waals surface area contributed by atoms with Crippen molar-refractivity contribution in [3.05, 3.63) is 53.1 Å². The number of ether oxygens (including phenoxy) is 1. The summed E-state index contributed by atoms with van der Waals surface area (Å²) in [4.78, 5) is 14.5. The van der Waals surface area contributed by atoms with Crippen LogP contribution in [0.2, 0.25) is 5.02 Å². The highest BCUT2D eigenvalue weighted by Gasteiger charge is 2.23. The van der Waals surface area contributed by atoms with Crippen molar-refractivity contribution < 1.29 is 13.9 Å². The number of anilines is 1. The van der Waals surface area contributed by atoms with Crippen LogP contribution < -0.4 is 9.64 Å². The van der Waals surface area contributed by atoms with Gasteiger partial charge in [-0.2, -0.15) is 0 Å². The van der Waals surface area contributed by atoms with Gasteiger partial charge in [0.15, 0.2) is 0 Å². The Balaban J connectivity index is 1.41. The first kappa shape index (κ1) is 18.8. The van der Waals surface area contributed by atoms with Gasteiger partial charge in [0.2, 0.25) is 11.8 Å². The fraction of sp³-hybridized carbons (Fsp3) is 0.250. The monoisotopic (exact) mass is 415 g/mol. The Morgan fingerprint density at radius 3 is 2.86 bits per heavy atom. The van der Waals surface area contributed by atoms with Gasteiger partial charge in [0.25, 0.3) is 5.22 Å². The molecule has 2 heterocycles. The molecule has 6 nitrogen and oxygen atoms in total. The normalized spacial score (nSPS) is 13.3. The van der Waals surface area contributed by atoms with Crippen LogP contribution in [-0.4, -0.2) is 35.5 Å². The zero-order valence-electron chi connectivity index (χ0n) is 15.2. The van der Waals surface area contributed by atoms with E-state index in [9.17, 15) is 4.79 Å². The van der Waals surface area contributed by atoms with E-state index >= 15 is 0 Å². The highest BCUT2D eigenvalue weighted by Crippen LogP contribution is 2.31. The fourth-order valence-electron chi connectivity index (χ4n) is 3.14. The summed E-state index contributed by atoms with van der Waals surface area (Å²) in [5, 5.41) is 9.16. The largest absolute Gasteiger partial charge is 0.497 e. The molecule has 1 aliphatic rings. The first-order valence-electron chi connectivity index (χ1n) is 8.83. The molecule has 1 amide bonds. The minimum Gasteiger partial charge on any atom is -0.497 e. The SMILES string of the molecule is COc1ccc(-c2nnc(SCC(=O)N3CCCc4cc(Cl)ccc43)o2)cc1. The predicted octanol–water partition coefficient (Wildman–Crippen LogP) is 4.47. The van der Waals surface area contributed by atoms with Crippen molar-refractivity contribution in [1.29, 1.82) is 0 Å². The summed E-state index contributed by atoms with van der Waals surface area (Å²) >= 11 is 7.31. The number of hydrogen-bond acceptors (Lipinski definition) is 6. The number of carbonyl (C=O) groups is 1. The second-order valence-electron chi connectivity index (χ2n) is 6.31. The Hall–Kier alpha value is -2.51. The minimum absolute atomic E-state index is 0.0115. The lowest BCUT2D eigenvalue weighted by atomic mass is 10.0. The maximum atomic E-state index is 12.7. The molecule has 144 valence electrons. The molecule has 1 aromatic heterocycles. The average Bonchev–Trinajstić information content (AvgIpc) is 3.20. The van der Waals surface area contributed by atoms with E-state index in [1.54, 1.807) is 7.11 Å². The van der Waals surface area contributed by atoms with Gasteiger partial charge < -0.3 is 14.1 Å². The van der Waals surface area contributed by atoms with Gasteiger partial charge in [0, 0.05) is 22.8 Å². The lowest BCUT2D eigenvalue weighted by Crippen LogP contribution is -2.36. The van der Waals surface area contributed by atoms with E-state index in [0.29, 0.717) is 22.7 Å². The number of amides is 1. The maximum Gasteiger partial charge on any atom is 0.277 e. The van der Waals surface area contributed by atoms with Crippen LogP contribution in [0.5, 0.6) is 5.75 Å². The molecule has 0 spiro atoms. The van der Waals surface area contributed by atoms with Crippen molar-refractivity contribution in [1.82, 2.24) is 10.2 Å². The van der Waals surface area contributed by atoms with Gasteiger partial charge in [-0.25, -0.2) is 0 Å². The summed E-state index contributed by atoms with van der Waals surface area (Å²) in [5.41, 5.74) is 2.84. The molecule has 0 saturated heterocycles. The molecular formula is C20H18ClN3O3S. The molecule has 28 heavy (non-hydrogen) atoms. The van der Waals surface area contributed by atoms with E-state index in [1.807, 2.05) is 47.4 Å². The number of halogens is 1. The maximum absolute atomic E-state index is 12.7. The lowest BCUT2D eigenvalue weighted by molar-refractivity contribution is -0.116. The van der Waals surface area contributed by atoms with Gasteiger partial charge in [-0.1, -0.05) is 23.4 Å². The van der Waals surface area contributed by atoms with Crippen LogP contribution in [0, 0.1) is 0 Å². The Kier molecular flexibility index (Phi) is 5.54. The number of aryl methyl sites for hydroxylation is 1.